The molecule has 2 aromatic rings. The van der Waals surface area contributed by atoms with Gasteiger partial charge in [0.25, 0.3) is 5.91 Å². The van der Waals surface area contributed by atoms with Crippen LogP contribution >= 0.6 is 0 Å². The Labute approximate surface area is 140 Å². The van der Waals surface area contributed by atoms with Gasteiger partial charge in [0.1, 0.15) is 5.76 Å². The fourth-order valence-electron chi connectivity index (χ4n) is 3.89. The van der Waals surface area contributed by atoms with Crippen LogP contribution in [-0.2, 0) is 0 Å². The second kappa shape index (κ2) is 6.22. The third kappa shape index (κ3) is 2.74. The van der Waals surface area contributed by atoms with E-state index in [-0.39, 0.29) is 5.91 Å². The standard InChI is InChI=1S/C17H21N5O2/c1-12-11-14(20-24-12)16(23)21-8-3-13-4-10-22(15(13)5-9-21)17-18-6-2-7-19-17/h2,6-7,11,13,15H,3-5,8-10H2,1H3/t13-,15+/m1/s1. The van der Waals surface area contributed by atoms with Crippen LogP contribution in [0, 0.1) is 12.8 Å². The Morgan fingerprint density at radius 2 is 1.92 bits per heavy atom. The maximum Gasteiger partial charge on any atom is 0.276 e. The molecule has 0 saturated carbocycles. The van der Waals surface area contributed by atoms with Crippen molar-refractivity contribution in [1.82, 2.24) is 20.0 Å². The van der Waals surface area contributed by atoms with Gasteiger partial charge in [-0.15, -0.1) is 0 Å². The normalized spacial score (nSPS) is 23.9. The summed E-state index contributed by atoms with van der Waals surface area (Å²) in [5.74, 6) is 2.02. The molecule has 24 heavy (non-hydrogen) atoms. The van der Waals surface area contributed by atoms with E-state index in [1.54, 1.807) is 25.4 Å². The van der Waals surface area contributed by atoms with Crippen LogP contribution in [0.2, 0.25) is 0 Å². The van der Waals surface area contributed by atoms with Gasteiger partial charge in [0.15, 0.2) is 5.69 Å². The van der Waals surface area contributed by atoms with Gasteiger partial charge in [-0.3, -0.25) is 4.79 Å². The number of likely N-dealkylation sites (tertiary alicyclic amines) is 1. The van der Waals surface area contributed by atoms with Crippen LogP contribution in [0.3, 0.4) is 0 Å². The summed E-state index contributed by atoms with van der Waals surface area (Å²) in [6, 6.07) is 3.95. The average molecular weight is 327 g/mol. The van der Waals surface area contributed by atoms with Gasteiger partial charge in [-0.2, -0.15) is 0 Å². The Morgan fingerprint density at radius 3 is 2.67 bits per heavy atom. The molecule has 0 spiro atoms. The molecule has 0 unspecified atom stereocenters. The highest BCUT2D eigenvalue weighted by molar-refractivity contribution is 5.92. The smallest absolute Gasteiger partial charge is 0.276 e. The molecule has 2 saturated heterocycles. The minimum atomic E-state index is -0.0330. The molecule has 2 aromatic heterocycles. The molecule has 4 rings (SSSR count). The van der Waals surface area contributed by atoms with Crippen molar-refractivity contribution in [3.8, 4) is 0 Å². The fraction of sp³-hybridized carbons (Fsp3) is 0.529. The summed E-state index contributed by atoms with van der Waals surface area (Å²) in [5, 5.41) is 3.86. The molecule has 2 atom stereocenters. The number of aromatic nitrogens is 3. The SMILES string of the molecule is Cc1cc(C(=O)N2CC[C@@H]3CCN(c4ncccn4)[C@H]3CC2)no1. The van der Waals surface area contributed by atoms with Crippen molar-refractivity contribution in [1.29, 1.82) is 0 Å². The van der Waals surface area contributed by atoms with Crippen LogP contribution in [0.5, 0.6) is 0 Å². The van der Waals surface area contributed by atoms with Crippen LogP contribution in [0.15, 0.2) is 29.0 Å². The quantitative estimate of drug-likeness (QED) is 0.838. The van der Waals surface area contributed by atoms with Crippen LogP contribution < -0.4 is 4.90 Å². The number of amides is 1. The summed E-state index contributed by atoms with van der Waals surface area (Å²) in [4.78, 5) is 25.6. The largest absolute Gasteiger partial charge is 0.361 e. The van der Waals surface area contributed by atoms with Gasteiger partial charge in [0.2, 0.25) is 5.95 Å². The first-order valence-electron chi connectivity index (χ1n) is 8.48. The first-order chi connectivity index (χ1) is 11.7. The summed E-state index contributed by atoms with van der Waals surface area (Å²) in [5.41, 5.74) is 0.405. The van der Waals surface area contributed by atoms with Gasteiger partial charge in [-0.1, -0.05) is 5.16 Å². The highest BCUT2D eigenvalue weighted by Crippen LogP contribution is 2.34. The Bertz CT molecular complexity index is 717. The maximum atomic E-state index is 12.6. The number of anilines is 1. The molecular weight excluding hydrogens is 306 g/mol. The van der Waals surface area contributed by atoms with Gasteiger partial charge in [-0.05, 0) is 38.2 Å². The zero-order valence-corrected chi connectivity index (χ0v) is 13.8. The third-order valence-electron chi connectivity index (χ3n) is 5.09. The summed E-state index contributed by atoms with van der Waals surface area (Å²) in [6.45, 7) is 4.30. The molecule has 0 N–H and O–H groups in total. The Morgan fingerprint density at radius 1 is 1.17 bits per heavy atom. The van der Waals surface area contributed by atoms with Crippen molar-refractivity contribution in [2.24, 2.45) is 5.92 Å². The lowest BCUT2D eigenvalue weighted by Gasteiger charge is -2.26. The van der Waals surface area contributed by atoms with E-state index >= 15 is 0 Å². The topological polar surface area (TPSA) is 75.4 Å². The number of nitrogens with zero attached hydrogens (tertiary/aromatic N) is 5. The van der Waals surface area contributed by atoms with Crippen LogP contribution in [0.1, 0.15) is 35.5 Å². The van der Waals surface area contributed by atoms with E-state index in [9.17, 15) is 4.79 Å². The number of aryl methyl sites for hydroxylation is 1. The summed E-state index contributed by atoms with van der Waals surface area (Å²) < 4.78 is 5.03. The van der Waals surface area contributed by atoms with Crippen molar-refractivity contribution < 1.29 is 9.32 Å². The summed E-state index contributed by atoms with van der Waals surface area (Å²) in [7, 11) is 0. The van der Waals surface area contributed by atoms with Gasteiger partial charge < -0.3 is 14.3 Å². The lowest BCUT2D eigenvalue weighted by molar-refractivity contribution is 0.0748. The van der Waals surface area contributed by atoms with Crippen molar-refractivity contribution in [2.75, 3.05) is 24.5 Å². The molecule has 2 aliphatic rings. The molecule has 7 nitrogen and oxygen atoms in total. The Balaban J connectivity index is 1.48. The Hall–Kier alpha value is -2.44. The van der Waals surface area contributed by atoms with E-state index in [0.717, 1.165) is 44.8 Å². The van der Waals surface area contributed by atoms with Crippen LogP contribution in [-0.4, -0.2) is 51.6 Å². The summed E-state index contributed by atoms with van der Waals surface area (Å²) in [6.07, 6.45) is 6.65. The van der Waals surface area contributed by atoms with E-state index < -0.39 is 0 Å². The van der Waals surface area contributed by atoms with E-state index in [1.807, 2.05) is 11.0 Å². The number of hydrogen-bond acceptors (Lipinski definition) is 6. The van der Waals surface area contributed by atoms with Crippen molar-refractivity contribution in [2.45, 2.75) is 32.2 Å². The number of fused-ring (bicyclic) bond motifs is 1. The number of carbonyl (C=O) groups is 1. The molecule has 0 bridgehead atoms. The van der Waals surface area contributed by atoms with Gasteiger partial charge in [0, 0.05) is 44.1 Å². The van der Waals surface area contributed by atoms with Crippen molar-refractivity contribution >= 4 is 11.9 Å². The number of carbonyl (C=O) groups excluding carboxylic acids is 1. The Kier molecular flexibility index (Phi) is 3.92. The molecule has 1 amide bonds. The molecule has 7 heteroatoms. The van der Waals surface area contributed by atoms with E-state index in [1.165, 1.54) is 0 Å². The average Bonchev–Trinajstić information content (AvgIpc) is 3.16. The third-order valence-corrected chi connectivity index (χ3v) is 5.09. The van der Waals surface area contributed by atoms with Gasteiger partial charge in [0.05, 0.1) is 0 Å². The molecule has 0 aromatic carbocycles. The first kappa shape index (κ1) is 15.1. The predicted molar refractivity (Wildman–Crippen MR) is 87.7 cm³/mol. The fourth-order valence-corrected chi connectivity index (χ4v) is 3.89. The molecule has 4 heterocycles. The summed E-state index contributed by atoms with van der Waals surface area (Å²) >= 11 is 0. The zero-order valence-electron chi connectivity index (χ0n) is 13.8. The highest BCUT2D eigenvalue weighted by atomic mass is 16.5. The van der Waals surface area contributed by atoms with E-state index in [0.29, 0.717) is 23.4 Å². The van der Waals surface area contributed by atoms with E-state index in [4.69, 9.17) is 4.52 Å². The molecule has 2 aliphatic heterocycles. The first-order valence-corrected chi connectivity index (χ1v) is 8.48. The second-order valence-corrected chi connectivity index (χ2v) is 6.55. The monoisotopic (exact) mass is 327 g/mol. The maximum absolute atomic E-state index is 12.6. The number of hydrogen-bond donors (Lipinski definition) is 0. The highest BCUT2D eigenvalue weighted by Gasteiger charge is 2.38. The predicted octanol–water partition coefficient (Wildman–Crippen LogP) is 1.90. The molecule has 126 valence electrons. The second-order valence-electron chi connectivity index (χ2n) is 6.55. The van der Waals surface area contributed by atoms with Crippen molar-refractivity contribution in [3.63, 3.8) is 0 Å². The zero-order chi connectivity index (χ0) is 16.5. The van der Waals surface area contributed by atoms with Crippen LogP contribution in [0.25, 0.3) is 0 Å². The lowest BCUT2D eigenvalue weighted by Crippen LogP contribution is -2.36. The van der Waals surface area contributed by atoms with Crippen LogP contribution in [0.4, 0.5) is 5.95 Å². The molecular formula is C17H21N5O2. The minimum absolute atomic E-state index is 0.0330. The van der Waals surface area contributed by atoms with Crippen molar-refractivity contribution in [3.05, 3.63) is 36.0 Å². The minimum Gasteiger partial charge on any atom is -0.361 e. The molecule has 0 radical (unpaired) electrons. The van der Waals surface area contributed by atoms with Gasteiger partial charge >= 0.3 is 0 Å². The molecule has 2 fully saturated rings. The van der Waals surface area contributed by atoms with E-state index in [2.05, 4.69) is 20.0 Å². The molecule has 0 aliphatic carbocycles. The van der Waals surface area contributed by atoms with Gasteiger partial charge in [-0.25, -0.2) is 9.97 Å². The number of rotatable bonds is 2. The lowest BCUT2D eigenvalue weighted by atomic mass is 9.96.